The van der Waals surface area contributed by atoms with Gasteiger partial charge in [0, 0.05) is 17.3 Å². The van der Waals surface area contributed by atoms with Gasteiger partial charge in [0.05, 0.1) is 12.1 Å². The second-order valence-corrected chi connectivity index (χ2v) is 5.41. The molecule has 6 heteroatoms. The Balaban J connectivity index is 1.91. The predicted molar refractivity (Wildman–Crippen MR) is 79.8 cm³/mol. The molecule has 0 spiro atoms. The van der Waals surface area contributed by atoms with E-state index in [2.05, 4.69) is 15.6 Å². The van der Waals surface area contributed by atoms with Crippen molar-refractivity contribution in [3.8, 4) is 0 Å². The van der Waals surface area contributed by atoms with Crippen LogP contribution in [0.2, 0.25) is 0 Å². The monoisotopic (exact) mass is 291 g/mol. The summed E-state index contributed by atoms with van der Waals surface area (Å²) in [6, 6.07) is 6.67. The van der Waals surface area contributed by atoms with E-state index in [1.54, 1.807) is 37.4 Å². The molecule has 0 fully saturated rings. The third-order valence-corrected chi connectivity index (χ3v) is 3.78. The van der Waals surface area contributed by atoms with Gasteiger partial charge in [0.15, 0.2) is 0 Å². The van der Waals surface area contributed by atoms with Crippen molar-refractivity contribution in [3.63, 3.8) is 0 Å². The number of urea groups is 1. The molecule has 0 saturated heterocycles. The van der Waals surface area contributed by atoms with Crippen molar-refractivity contribution in [1.82, 2.24) is 10.3 Å². The summed E-state index contributed by atoms with van der Waals surface area (Å²) in [5.41, 5.74) is 1.49. The minimum atomic E-state index is -0.511. The highest BCUT2D eigenvalue weighted by Gasteiger charge is 2.11. The van der Waals surface area contributed by atoms with Gasteiger partial charge in [-0.05, 0) is 31.5 Å². The summed E-state index contributed by atoms with van der Waals surface area (Å²) in [5, 5.41) is 17.7. The van der Waals surface area contributed by atoms with Crippen LogP contribution in [0.3, 0.4) is 0 Å². The van der Waals surface area contributed by atoms with Gasteiger partial charge in [-0.1, -0.05) is 12.1 Å². The molecule has 106 valence electrons. The van der Waals surface area contributed by atoms with Gasteiger partial charge in [-0.15, -0.1) is 11.3 Å². The first-order valence-electron chi connectivity index (χ1n) is 6.31. The third-order valence-electron chi connectivity index (χ3n) is 2.82. The molecule has 2 amide bonds. The van der Waals surface area contributed by atoms with Gasteiger partial charge in [0.2, 0.25) is 0 Å². The molecule has 2 unspecified atom stereocenters. The second kappa shape index (κ2) is 6.49. The second-order valence-electron chi connectivity index (χ2n) is 4.49. The fourth-order valence-electron chi connectivity index (χ4n) is 1.72. The summed E-state index contributed by atoms with van der Waals surface area (Å²) in [4.78, 5) is 16.0. The summed E-state index contributed by atoms with van der Waals surface area (Å²) < 4.78 is 0. The standard InChI is InChI=1S/C14H17N3O2S/c1-9(13-15-7-8-20-13)16-14(19)17-12-5-3-11(4-6-12)10(2)18/h3-10,18H,1-2H3,(H2,16,17,19). The number of nitrogens with zero attached hydrogens (tertiary/aromatic N) is 1. The smallest absolute Gasteiger partial charge is 0.319 e. The average molecular weight is 291 g/mol. The van der Waals surface area contributed by atoms with Gasteiger partial charge < -0.3 is 15.7 Å². The molecule has 0 bridgehead atoms. The Morgan fingerprint density at radius 2 is 2.00 bits per heavy atom. The fourth-order valence-corrected chi connectivity index (χ4v) is 2.36. The number of aliphatic hydroxyl groups is 1. The Labute approximate surface area is 121 Å². The van der Waals surface area contributed by atoms with Crippen LogP contribution in [0.15, 0.2) is 35.8 Å². The minimum Gasteiger partial charge on any atom is -0.389 e. The molecule has 1 aromatic carbocycles. The zero-order valence-electron chi connectivity index (χ0n) is 11.3. The van der Waals surface area contributed by atoms with Gasteiger partial charge in [-0.25, -0.2) is 9.78 Å². The molecule has 0 saturated carbocycles. The number of amides is 2. The molecule has 1 heterocycles. The Morgan fingerprint density at radius 3 is 2.55 bits per heavy atom. The molecule has 2 atom stereocenters. The SMILES string of the molecule is CC(O)c1ccc(NC(=O)NC(C)c2nccs2)cc1. The molecule has 0 aliphatic heterocycles. The minimum absolute atomic E-state index is 0.133. The number of hydrogen-bond acceptors (Lipinski definition) is 4. The molecule has 1 aromatic heterocycles. The lowest BCUT2D eigenvalue weighted by atomic mass is 10.1. The van der Waals surface area contributed by atoms with Crippen LogP contribution in [0.4, 0.5) is 10.5 Å². The number of thiazole rings is 1. The summed E-state index contributed by atoms with van der Waals surface area (Å²) in [7, 11) is 0. The lowest BCUT2D eigenvalue weighted by molar-refractivity contribution is 0.199. The summed E-state index contributed by atoms with van der Waals surface area (Å²) in [6.45, 7) is 3.58. The number of aliphatic hydroxyl groups excluding tert-OH is 1. The van der Waals surface area contributed by atoms with Crippen molar-refractivity contribution < 1.29 is 9.90 Å². The molecule has 3 N–H and O–H groups in total. The van der Waals surface area contributed by atoms with E-state index in [9.17, 15) is 9.90 Å². The van der Waals surface area contributed by atoms with E-state index in [0.29, 0.717) is 5.69 Å². The molecular formula is C14H17N3O2S. The van der Waals surface area contributed by atoms with E-state index in [1.165, 1.54) is 11.3 Å². The largest absolute Gasteiger partial charge is 0.389 e. The average Bonchev–Trinajstić information content (AvgIpc) is 2.93. The summed E-state index contributed by atoms with van der Waals surface area (Å²) in [5.74, 6) is 0. The number of rotatable bonds is 4. The lowest BCUT2D eigenvalue weighted by Gasteiger charge is -2.13. The molecular weight excluding hydrogens is 274 g/mol. The van der Waals surface area contributed by atoms with Gasteiger partial charge in [0.25, 0.3) is 0 Å². The number of nitrogens with one attached hydrogen (secondary N) is 2. The fraction of sp³-hybridized carbons (Fsp3) is 0.286. The summed E-state index contributed by atoms with van der Waals surface area (Å²) >= 11 is 1.50. The maximum atomic E-state index is 11.8. The van der Waals surface area contributed by atoms with Crippen LogP contribution in [-0.4, -0.2) is 16.1 Å². The predicted octanol–water partition coefficient (Wildman–Crippen LogP) is 3.08. The quantitative estimate of drug-likeness (QED) is 0.810. The Morgan fingerprint density at radius 1 is 1.30 bits per heavy atom. The number of carbonyl (C=O) groups excluding carboxylic acids is 1. The van der Waals surface area contributed by atoms with E-state index >= 15 is 0 Å². The van der Waals surface area contributed by atoms with E-state index in [0.717, 1.165) is 10.6 Å². The zero-order chi connectivity index (χ0) is 14.5. The molecule has 5 nitrogen and oxygen atoms in total. The van der Waals surface area contributed by atoms with Crippen molar-refractivity contribution >= 4 is 23.1 Å². The maximum absolute atomic E-state index is 11.8. The first-order chi connectivity index (χ1) is 9.56. The first-order valence-corrected chi connectivity index (χ1v) is 7.19. The van der Waals surface area contributed by atoms with Crippen molar-refractivity contribution in [1.29, 1.82) is 0 Å². The van der Waals surface area contributed by atoms with Crippen LogP contribution in [0.25, 0.3) is 0 Å². The van der Waals surface area contributed by atoms with Gasteiger partial charge >= 0.3 is 6.03 Å². The molecule has 20 heavy (non-hydrogen) atoms. The molecule has 2 aromatic rings. The Kier molecular flexibility index (Phi) is 4.70. The van der Waals surface area contributed by atoms with E-state index in [4.69, 9.17) is 0 Å². The number of benzene rings is 1. The topological polar surface area (TPSA) is 74.2 Å². The van der Waals surface area contributed by atoms with Crippen molar-refractivity contribution in [2.45, 2.75) is 26.0 Å². The van der Waals surface area contributed by atoms with Crippen LogP contribution in [-0.2, 0) is 0 Å². The highest BCUT2D eigenvalue weighted by Crippen LogP contribution is 2.17. The summed E-state index contributed by atoms with van der Waals surface area (Å²) in [6.07, 6.45) is 1.20. The number of hydrogen-bond donors (Lipinski definition) is 3. The normalized spacial score (nSPS) is 13.6. The Hall–Kier alpha value is -1.92. The first kappa shape index (κ1) is 14.5. The van der Waals surface area contributed by atoms with Gasteiger partial charge in [0.1, 0.15) is 5.01 Å². The van der Waals surface area contributed by atoms with Crippen molar-refractivity contribution in [2.75, 3.05) is 5.32 Å². The maximum Gasteiger partial charge on any atom is 0.319 e. The van der Waals surface area contributed by atoms with E-state index in [-0.39, 0.29) is 12.1 Å². The van der Waals surface area contributed by atoms with Crippen molar-refractivity contribution in [2.24, 2.45) is 0 Å². The van der Waals surface area contributed by atoms with Crippen LogP contribution in [0.1, 0.15) is 36.6 Å². The van der Waals surface area contributed by atoms with E-state index < -0.39 is 6.10 Å². The number of carbonyl (C=O) groups is 1. The molecule has 2 rings (SSSR count). The van der Waals surface area contributed by atoms with Crippen LogP contribution >= 0.6 is 11.3 Å². The van der Waals surface area contributed by atoms with Gasteiger partial charge in [-0.2, -0.15) is 0 Å². The third kappa shape index (κ3) is 3.79. The van der Waals surface area contributed by atoms with Gasteiger partial charge in [-0.3, -0.25) is 0 Å². The van der Waals surface area contributed by atoms with Crippen molar-refractivity contribution in [3.05, 3.63) is 46.4 Å². The highest BCUT2D eigenvalue weighted by atomic mass is 32.1. The Bertz CT molecular complexity index is 552. The number of aromatic nitrogens is 1. The zero-order valence-corrected chi connectivity index (χ0v) is 12.1. The van der Waals surface area contributed by atoms with Crippen LogP contribution in [0.5, 0.6) is 0 Å². The van der Waals surface area contributed by atoms with Crippen LogP contribution < -0.4 is 10.6 Å². The lowest BCUT2D eigenvalue weighted by Crippen LogP contribution is -2.31. The molecule has 0 radical (unpaired) electrons. The molecule has 0 aliphatic rings. The van der Waals surface area contributed by atoms with Crippen LogP contribution in [0, 0.1) is 0 Å². The molecule has 0 aliphatic carbocycles. The number of anilines is 1. The van der Waals surface area contributed by atoms with E-state index in [1.807, 2.05) is 12.3 Å². The highest BCUT2D eigenvalue weighted by molar-refractivity contribution is 7.09.